The van der Waals surface area contributed by atoms with Gasteiger partial charge in [0.2, 0.25) is 0 Å². The van der Waals surface area contributed by atoms with Crippen LogP contribution in [0.2, 0.25) is 25.7 Å². The van der Waals surface area contributed by atoms with Gasteiger partial charge in [-0.05, 0) is 12.1 Å². The molecule has 0 atom stereocenters. The first-order valence-corrected chi connectivity index (χ1v) is 10.3. The Kier molecular flexibility index (Phi) is 4.14. The smallest absolute Gasteiger partial charge is 0.136 e. The van der Waals surface area contributed by atoms with Gasteiger partial charge in [-0.25, -0.2) is 0 Å². The van der Waals surface area contributed by atoms with Crippen LogP contribution in [0.1, 0.15) is 5.56 Å². The molecular formula is C12H20ClN3OSi. The van der Waals surface area contributed by atoms with Gasteiger partial charge in [-0.2, -0.15) is 0 Å². The summed E-state index contributed by atoms with van der Waals surface area (Å²) in [6.07, 6.45) is 1.88. The average molecular weight is 286 g/mol. The molecule has 0 aliphatic carbocycles. The van der Waals surface area contributed by atoms with E-state index in [-0.39, 0.29) is 0 Å². The third kappa shape index (κ3) is 3.37. The Labute approximate surface area is 114 Å². The van der Waals surface area contributed by atoms with E-state index < -0.39 is 8.07 Å². The number of halogens is 1. The lowest BCUT2D eigenvalue weighted by atomic mass is 10.3. The molecule has 0 bridgehead atoms. The van der Waals surface area contributed by atoms with Crippen LogP contribution in [0.3, 0.4) is 0 Å². The molecule has 1 N–H and O–H groups in total. The molecule has 1 aromatic rings. The van der Waals surface area contributed by atoms with Crippen LogP contribution < -0.4 is 4.90 Å². The van der Waals surface area contributed by atoms with Gasteiger partial charge in [0.25, 0.3) is 0 Å². The average Bonchev–Trinajstić information content (AvgIpc) is 2.75. The molecule has 1 aliphatic rings. The van der Waals surface area contributed by atoms with Crippen molar-refractivity contribution in [1.82, 2.24) is 4.98 Å². The second-order valence-electron chi connectivity index (χ2n) is 5.72. The van der Waals surface area contributed by atoms with Crippen LogP contribution in [-0.2, 0) is 4.74 Å². The van der Waals surface area contributed by atoms with Gasteiger partial charge in [0.05, 0.1) is 5.56 Å². The van der Waals surface area contributed by atoms with Crippen molar-refractivity contribution in [1.29, 1.82) is 0 Å². The molecule has 0 fully saturated rings. The zero-order valence-electron chi connectivity index (χ0n) is 11.2. The van der Waals surface area contributed by atoms with E-state index in [1.54, 1.807) is 0 Å². The first-order chi connectivity index (χ1) is 8.47. The highest BCUT2D eigenvalue weighted by Gasteiger charge is 2.20. The number of nitrogens with one attached hydrogen (secondary N) is 1. The largest absolute Gasteiger partial charge is 0.361 e. The number of fused-ring (bicyclic) bond motifs is 1. The first-order valence-electron chi connectivity index (χ1n) is 6.18. The highest BCUT2D eigenvalue weighted by molar-refractivity contribution is 6.76. The molecule has 0 amide bonds. The Morgan fingerprint density at radius 3 is 3.00 bits per heavy atom. The maximum absolute atomic E-state index is 6.04. The van der Waals surface area contributed by atoms with Gasteiger partial charge in [0, 0.05) is 20.9 Å². The minimum absolute atomic E-state index is 0.555. The molecule has 2 rings (SSSR count). The standard InChI is InChI=1S/C12H20ClN3OSi/c1-18(2,3)7-6-17-9-16-8-15-11(13)10-4-5-14-12(10)16/h4-5,14H,6-9H2,1-3H3. The molecule has 0 saturated carbocycles. The van der Waals surface area contributed by atoms with Gasteiger partial charge >= 0.3 is 0 Å². The zero-order chi connectivity index (χ0) is 13.2. The van der Waals surface area contributed by atoms with Crippen molar-refractivity contribution in [2.75, 3.05) is 24.9 Å². The Morgan fingerprint density at radius 1 is 1.50 bits per heavy atom. The predicted molar refractivity (Wildman–Crippen MR) is 79.5 cm³/mol. The van der Waals surface area contributed by atoms with Crippen LogP contribution in [0.5, 0.6) is 0 Å². The summed E-state index contributed by atoms with van der Waals surface area (Å²) in [4.78, 5) is 9.51. The topological polar surface area (TPSA) is 40.6 Å². The maximum atomic E-state index is 6.04. The van der Waals surface area contributed by atoms with E-state index in [4.69, 9.17) is 16.3 Å². The lowest BCUT2D eigenvalue weighted by Crippen LogP contribution is -2.32. The van der Waals surface area contributed by atoms with Gasteiger partial charge in [0.1, 0.15) is 24.4 Å². The number of aromatic nitrogens is 1. The van der Waals surface area contributed by atoms with Crippen molar-refractivity contribution in [2.24, 2.45) is 4.99 Å². The van der Waals surface area contributed by atoms with E-state index in [9.17, 15) is 0 Å². The zero-order valence-corrected chi connectivity index (χ0v) is 12.9. The van der Waals surface area contributed by atoms with Crippen molar-refractivity contribution in [3.05, 3.63) is 17.8 Å². The van der Waals surface area contributed by atoms with Crippen molar-refractivity contribution < 1.29 is 4.74 Å². The number of ether oxygens (including phenoxy) is 1. The Morgan fingerprint density at radius 2 is 2.28 bits per heavy atom. The fourth-order valence-electron chi connectivity index (χ4n) is 1.75. The van der Waals surface area contributed by atoms with Gasteiger partial charge in [-0.3, -0.25) is 4.99 Å². The summed E-state index contributed by atoms with van der Waals surface area (Å²) in [7, 11) is -1.01. The van der Waals surface area contributed by atoms with Crippen molar-refractivity contribution in [3.63, 3.8) is 0 Å². The van der Waals surface area contributed by atoms with Crippen LogP contribution in [-0.4, -0.2) is 38.2 Å². The summed E-state index contributed by atoms with van der Waals surface area (Å²) < 4.78 is 5.74. The minimum Gasteiger partial charge on any atom is -0.361 e. The number of hydrogen-bond acceptors (Lipinski definition) is 3. The number of rotatable bonds is 5. The number of aliphatic imine (C=N–C) groups is 1. The second kappa shape index (κ2) is 5.46. The van der Waals surface area contributed by atoms with Crippen molar-refractivity contribution in [2.45, 2.75) is 25.7 Å². The number of anilines is 1. The summed E-state index contributed by atoms with van der Waals surface area (Å²) in [5.74, 6) is 1.00. The van der Waals surface area contributed by atoms with Gasteiger partial charge in [-0.15, -0.1) is 0 Å². The first kappa shape index (κ1) is 13.6. The maximum Gasteiger partial charge on any atom is 0.136 e. The summed E-state index contributed by atoms with van der Waals surface area (Å²) in [5, 5.41) is 0.574. The fourth-order valence-corrected chi connectivity index (χ4v) is 2.71. The summed E-state index contributed by atoms with van der Waals surface area (Å²) in [6.45, 7) is 8.99. The fraction of sp³-hybridized carbons (Fsp3) is 0.583. The van der Waals surface area contributed by atoms with Crippen LogP contribution >= 0.6 is 11.6 Å². The molecule has 18 heavy (non-hydrogen) atoms. The Bertz CT molecular complexity index is 439. The predicted octanol–water partition coefficient (Wildman–Crippen LogP) is 3.09. The summed E-state index contributed by atoms with van der Waals surface area (Å²) >= 11 is 6.04. The van der Waals surface area contributed by atoms with E-state index >= 15 is 0 Å². The summed E-state index contributed by atoms with van der Waals surface area (Å²) in [6, 6.07) is 3.12. The van der Waals surface area contributed by atoms with Crippen LogP contribution in [0, 0.1) is 0 Å². The number of H-pyrrole nitrogens is 1. The van der Waals surface area contributed by atoms with Crippen LogP contribution in [0.15, 0.2) is 17.3 Å². The Balaban J connectivity index is 1.86. The van der Waals surface area contributed by atoms with E-state index in [2.05, 4.69) is 34.5 Å². The molecule has 0 saturated heterocycles. The highest BCUT2D eigenvalue weighted by atomic mass is 35.5. The molecule has 0 aromatic carbocycles. The molecule has 1 aromatic heterocycles. The highest BCUT2D eigenvalue weighted by Crippen LogP contribution is 2.24. The number of hydrogen-bond donors (Lipinski definition) is 1. The summed E-state index contributed by atoms with van der Waals surface area (Å²) in [5.41, 5.74) is 0.955. The van der Waals surface area contributed by atoms with E-state index in [0.29, 0.717) is 18.6 Å². The Hall–Kier alpha value is -0.783. The van der Waals surface area contributed by atoms with E-state index in [1.807, 2.05) is 12.3 Å². The molecule has 0 radical (unpaired) electrons. The van der Waals surface area contributed by atoms with Crippen molar-refractivity contribution in [3.8, 4) is 0 Å². The molecule has 0 spiro atoms. The lowest BCUT2D eigenvalue weighted by molar-refractivity contribution is 0.146. The normalized spacial score (nSPS) is 15.6. The molecule has 1 aliphatic heterocycles. The van der Waals surface area contributed by atoms with Crippen LogP contribution in [0.4, 0.5) is 5.82 Å². The minimum atomic E-state index is -1.01. The number of nitrogens with zero attached hydrogens (tertiary/aromatic N) is 2. The quantitative estimate of drug-likeness (QED) is 0.667. The van der Waals surface area contributed by atoms with Gasteiger partial charge in [0.15, 0.2) is 0 Å². The molecule has 4 nitrogen and oxygen atoms in total. The SMILES string of the molecule is C[Si](C)(C)CCOCN1CN=C(Cl)c2cc[nH]c21. The molecule has 0 unspecified atom stereocenters. The molecule has 6 heteroatoms. The van der Waals surface area contributed by atoms with E-state index in [0.717, 1.165) is 18.0 Å². The van der Waals surface area contributed by atoms with E-state index in [1.165, 1.54) is 6.04 Å². The number of aromatic amines is 1. The van der Waals surface area contributed by atoms with Gasteiger partial charge in [-0.1, -0.05) is 31.2 Å². The molecular weight excluding hydrogens is 266 g/mol. The monoisotopic (exact) mass is 285 g/mol. The molecule has 100 valence electrons. The molecule has 2 heterocycles. The lowest BCUT2D eigenvalue weighted by Gasteiger charge is -2.26. The van der Waals surface area contributed by atoms with Crippen LogP contribution in [0.25, 0.3) is 0 Å². The third-order valence-corrected chi connectivity index (χ3v) is 4.91. The third-order valence-electron chi connectivity index (χ3n) is 2.89. The van der Waals surface area contributed by atoms with Gasteiger partial charge < -0.3 is 14.6 Å². The second-order valence-corrected chi connectivity index (χ2v) is 11.7. The van der Waals surface area contributed by atoms with Crippen molar-refractivity contribution >= 4 is 30.7 Å².